The molecule has 0 unspecified atom stereocenters. The number of carbonyl (C=O) groups is 1. The van der Waals surface area contributed by atoms with Crippen molar-refractivity contribution in [2.75, 3.05) is 13.2 Å². The van der Waals surface area contributed by atoms with Crippen molar-refractivity contribution in [3.8, 4) is 0 Å². The van der Waals surface area contributed by atoms with Crippen LogP contribution in [0.4, 0.5) is 0 Å². The summed E-state index contributed by atoms with van der Waals surface area (Å²) in [6, 6.07) is -1.51. The number of carboxylic acids is 1. The average molecular weight is 226 g/mol. The Morgan fingerprint density at radius 1 is 1.50 bits per heavy atom. The van der Waals surface area contributed by atoms with Gasteiger partial charge >= 0.3 is 5.97 Å². The highest BCUT2D eigenvalue weighted by Gasteiger charge is 2.22. The van der Waals surface area contributed by atoms with Gasteiger partial charge in [0.15, 0.2) is 0 Å². The molecule has 0 saturated heterocycles. The summed E-state index contributed by atoms with van der Waals surface area (Å²) in [5.41, 5.74) is 0. The molecule has 14 heavy (non-hydrogen) atoms. The lowest BCUT2D eigenvalue weighted by Gasteiger charge is -2.12. The van der Waals surface area contributed by atoms with Gasteiger partial charge in [-0.25, -0.2) is 4.72 Å². The van der Waals surface area contributed by atoms with Crippen molar-refractivity contribution >= 4 is 16.2 Å². The molecule has 0 aliphatic rings. The molecule has 0 aromatic heterocycles. The number of carboxylic acid groups (broad SMARTS) is 1. The van der Waals surface area contributed by atoms with Crippen LogP contribution in [0.5, 0.6) is 0 Å². The standard InChI is InChI=1S/C6H14N2O5S/c1-2-3-7-14(12,13)8-5(4-9)6(10)11/h5,7-9H,2-4H2,1H3,(H,10,11)/t5-/m0/s1. The lowest BCUT2D eigenvalue weighted by molar-refractivity contribution is -0.139. The fraction of sp³-hybridized carbons (Fsp3) is 0.833. The molecule has 7 nitrogen and oxygen atoms in total. The van der Waals surface area contributed by atoms with Crippen LogP contribution in [0, 0.1) is 0 Å². The van der Waals surface area contributed by atoms with E-state index < -0.39 is 28.8 Å². The van der Waals surface area contributed by atoms with Gasteiger partial charge in [-0.15, -0.1) is 0 Å². The Morgan fingerprint density at radius 2 is 2.07 bits per heavy atom. The summed E-state index contributed by atoms with van der Waals surface area (Å²) in [6.45, 7) is 1.19. The second kappa shape index (κ2) is 5.91. The molecule has 8 heteroatoms. The molecule has 0 radical (unpaired) electrons. The molecule has 0 aliphatic heterocycles. The van der Waals surface area contributed by atoms with E-state index in [1.165, 1.54) is 0 Å². The van der Waals surface area contributed by atoms with Crippen molar-refractivity contribution in [3.05, 3.63) is 0 Å². The molecule has 0 heterocycles. The largest absolute Gasteiger partial charge is 0.480 e. The lowest BCUT2D eigenvalue weighted by Crippen LogP contribution is -2.48. The van der Waals surface area contributed by atoms with Crippen LogP contribution >= 0.6 is 0 Å². The van der Waals surface area contributed by atoms with Gasteiger partial charge in [-0.2, -0.15) is 13.1 Å². The molecule has 0 fully saturated rings. The minimum atomic E-state index is -3.84. The highest BCUT2D eigenvalue weighted by atomic mass is 32.2. The third-order valence-electron chi connectivity index (χ3n) is 1.32. The van der Waals surface area contributed by atoms with Crippen LogP contribution in [-0.2, 0) is 15.0 Å². The molecule has 0 rings (SSSR count). The lowest BCUT2D eigenvalue weighted by atomic mass is 10.3. The number of nitrogens with one attached hydrogen (secondary N) is 2. The second-order valence-corrected chi connectivity index (χ2v) is 4.12. The zero-order valence-corrected chi connectivity index (χ0v) is 8.54. The first kappa shape index (κ1) is 13.3. The van der Waals surface area contributed by atoms with Crippen LogP contribution in [0.1, 0.15) is 13.3 Å². The summed E-state index contributed by atoms with van der Waals surface area (Å²) >= 11 is 0. The Kier molecular flexibility index (Phi) is 5.62. The number of hydrogen-bond donors (Lipinski definition) is 4. The number of hydrogen-bond acceptors (Lipinski definition) is 4. The summed E-state index contributed by atoms with van der Waals surface area (Å²) in [5, 5.41) is 17.0. The van der Waals surface area contributed by atoms with E-state index in [9.17, 15) is 13.2 Å². The van der Waals surface area contributed by atoms with Crippen LogP contribution in [0.2, 0.25) is 0 Å². The highest BCUT2D eigenvalue weighted by molar-refractivity contribution is 7.87. The molecular formula is C6H14N2O5S. The molecule has 4 N–H and O–H groups in total. The number of aliphatic carboxylic acids is 1. The Morgan fingerprint density at radius 3 is 2.43 bits per heavy atom. The van der Waals surface area contributed by atoms with E-state index in [1.54, 1.807) is 11.6 Å². The van der Waals surface area contributed by atoms with Crippen molar-refractivity contribution in [3.63, 3.8) is 0 Å². The normalized spacial score (nSPS) is 13.9. The Labute approximate surface area is 82.3 Å². The van der Waals surface area contributed by atoms with Gasteiger partial charge in [0.05, 0.1) is 6.61 Å². The van der Waals surface area contributed by atoms with E-state index in [2.05, 4.69) is 4.72 Å². The molecule has 0 aromatic carbocycles. The molecule has 0 aromatic rings. The smallest absolute Gasteiger partial charge is 0.324 e. The van der Waals surface area contributed by atoms with Gasteiger partial charge in [-0.1, -0.05) is 6.92 Å². The molecule has 84 valence electrons. The van der Waals surface area contributed by atoms with E-state index in [0.717, 1.165) is 0 Å². The summed E-state index contributed by atoms with van der Waals surface area (Å²) in [4.78, 5) is 10.4. The zero-order valence-electron chi connectivity index (χ0n) is 7.73. The van der Waals surface area contributed by atoms with E-state index in [0.29, 0.717) is 6.42 Å². The van der Waals surface area contributed by atoms with Crippen LogP contribution < -0.4 is 9.44 Å². The van der Waals surface area contributed by atoms with Gasteiger partial charge in [-0.05, 0) is 6.42 Å². The van der Waals surface area contributed by atoms with Gasteiger partial charge in [-0.3, -0.25) is 4.79 Å². The molecule has 1 atom stereocenters. The SMILES string of the molecule is CCCNS(=O)(=O)N[C@@H](CO)C(=O)O. The maximum atomic E-state index is 11.1. The van der Waals surface area contributed by atoms with Crippen LogP contribution in [0.25, 0.3) is 0 Å². The molecule has 0 saturated carbocycles. The van der Waals surface area contributed by atoms with Crippen molar-refractivity contribution in [2.24, 2.45) is 0 Å². The van der Waals surface area contributed by atoms with Crippen LogP contribution in [-0.4, -0.2) is 43.8 Å². The fourth-order valence-corrected chi connectivity index (χ4v) is 1.74. The number of aliphatic hydroxyl groups excluding tert-OH is 1. The minimum Gasteiger partial charge on any atom is -0.480 e. The van der Waals surface area contributed by atoms with Gasteiger partial charge in [0.1, 0.15) is 6.04 Å². The average Bonchev–Trinajstić information content (AvgIpc) is 2.10. The van der Waals surface area contributed by atoms with Crippen LogP contribution in [0.15, 0.2) is 0 Å². The third-order valence-corrected chi connectivity index (χ3v) is 2.50. The molecular weight excluding hydrogens is 212 g/mol. The molecule has 0 bridgehead atoms. The number of aliphatic hydroxyl groups is 1. The van der Waals surface area contributed by atoms with Gasteiger partial charge in [0.2, 0.25) is 0 Å². The van der Waals surface area contributed by atoms with E-state index in [4.69, 9.17) is 10.2 Å². The maximum absolute atomic E-state index is 11.1. The Bertz CT molecular complexity index is 276. The zero-order chi connectivity index (χ0) is 11.2. The molecule has 0 amide bonds. The minimum absolute atomic E-state index is 0.215. The first-order chi connectivity index (χ1) is 6.43. The van der Waals surface area contributed by atoms with Crippen molar-refractivity contribution < 1.29 is 23.4 Å². The highest BCUT2D eigenvalue weighted by Crippen LogP contribution is 1.87. The van der Waals surface area contributed by atoms with Crippen molar-refractivity contribution in [2.45, 2.75) is 19.4 Å². The van der Waals surface area contributed by atoms with E-state index in [-0.39, 0.29) is 6.54 Å². The molecule has 0 spiro atoms. The summed E-state index contributed by atoms with van der Waals surface area (Å²) in [7, 11) is -3.84. The predicted molar refractivity (Wildman–Crippen MR) is 48.9 cm³/mol. The first-order valence-corrected chi connectivity index (χ1v) is 5.51. The van der Waals surface area contributed by atoms with Crippen molar-refractivity contribution in [1.29, 1.82) is 0 Å². The Hall–Kier alpha value is -0.700. The maximum Gasteiger partial charge on any atom is 0.324 e. The van der Waals surface area contributed by atoms with Crippen molar-refractivity contribution in [1.82, 2.24) is 9.44 Å². The van der Waals surface area contributed by atoms with Crippen LogP contribution in [0.3, 0.4) is 0 Å². The third kappa shape index (κ3) is 5.12. The monoisotopic (exact) mass is 226 g/mol. The van der Waals surface area contributed by atoms with Gasteiger partial charge in [0.25, 0.3) is 10.2 Å². The summed E-state index contributed by atoms with van der Waals surface area (Å²) in [5.74, 6) is -1.42. The first-order valence-electron chi connectivity index (χ1n) is 4.03. The predicted octanol–water partition coefficient (Wildman–Crippen LogP) is -1.73. The summed E-state index contributed by atoms with van der Waals surface area (Å²) < 4.78 is 26.0. The second-order valence-electron chi connectivity index (χ2n) is 2.59. The van der Waals surface area contributed by atoms with E-state index >= 15 is 0 Å². The Balaban J connectivity index is 4.26. The van der Waals surface area contributed by atoms with Gasteiger partial charge < -0.3 is 10.2 Å². The topological polar surface area (TPSA) is 116 Å². The fourth-order valence-electron chi connectivity index (χ4n) is 0.631. The summed E-state index contributed by atoms with van der Waals surface area (Å²) in [6.07, 6.45) is 0.595. The quantitative estimate of drug-likeness (QED) is 0.411. The molecule has 0 aliphatic carbocycles. The van der Waals surface area contributed by atoms with E-state index in [1.807, 2.05) is 0 Å². The number of rotatable bonds is 7. The van der Waals surface area contributed by atoms with Gasteiger partial charge in [0, 0.05) is 6.54 Å².